The molecule has 2 N–H and O–H groups in total. The Hall–Kier alpha value is 0.930. The third-order valence-corrected chi connectivity index (χ3v) is 2.04. The second-order valence-electron chi connectivity index (χ2n) is 1.94. The third-order valence-electron chi connectivity index (χ3n) is 1.14. The zero-order chi connectivity index (χ0) is 8.48. The molecule has 1 aromatic carbocycles. The summed E-state index contributed by atoms with van der Waals surface area (Å²) in [7, 11) is -4.28. The van der Waals surface area contributed by atoms with Gasteiger partial charge in [0.1, 0.15) is 10.6 Å². The van der Waals surface area contributed by atoms with Gasteiger partial charge in [-0.3, -0.25) is 4.55 Å². The van der Waals surface area contributed by atoms with Gasteiger partial charge in [-0.1, -0.05) is 12.1 Å². The van der Waals surface area contributed by atoms with E-state index in [1.165, 1.54) is 18.2 Å². The van der Waals surface area contributed by atoms with Crippen LogP contribution in [0.1, 0.15) is 0 Å². The zero-order valence-electron chi connectivity index (χ0n) is 5.43. The summed E-state index contributed by atoms with van der Waals surface area (Å²) in [5.41, 5.74) is 0. The van der Waals surface area contributed by atoms with Gasteiger partial charge in [0.25, 0.3) is 10.1 Å². The summed E-state index contributed by atoms with van der Waals surface area (Å²) in [6, 6.07) is 5.17. The van der Waals surface area contributed by atoms with Gasteiger partial charge in [-0.15, -0.1) is 0 Å². The first-order valence-corrected chi connectivity index (χ1v) is 4.21. The Labute approximate surface area is 121 Å². The third kappa shape index (κ3) is 4.80. The summed E-state index contributed by atoms with van der Waals surface area (Å²) in [5, 5.41) is 8.91. The number of para-hydroxylation sites is 1. The van der Waals surface area contributed by atoms with Crippen LogP contribution in [0.2, 0.25) is 0 Å². The minimum absolute atomic E-state index is 0. The molecule has 0 aromatic heterocycles. The topological polar surface area (TPSA) is 74.6 Å². The van der Waals surface area contributed by atoms with Gasteiger partial charge in [0.05, 0.1) is 0 Å². The van der Waals surface area contributed by atoms with E-state index in [0.717, 1.165) is 6.07 Å². The van der Waals surface area contributed by atoms with Crippen molar-refractivity contribution in [3.8, 4) is 5.75 Å². The second-order valence-corrected chi connectivity index (χ2v) is 3.33. The van der Waals surface area contributed by atoms with Crippen LogP contribution in [0.5, 0.6) is 5.75 Å². The van der Waals surface area contributed by atoms with Gasteiger partial charge >= 0.3 is 59.1 Å². The number of phenolic OH excluding ortho intramolecular Hbond substituents is 1. The first kappa shape index (κ1) is 16.4. The number of hydrogen-bond donors (Lipinski definition) is 2. The van der Waals surface area contributed by atoms with Gasteiger partial charge in [0.2, 0.25) is 0 Å². The van der Waals surface area contributed by atoms with Crippen molar-refractivity contribution in [1.29, 1.82) is 0 Å². The van der Waals surface area contributed by atoms with E-state index < -0.39 is 20.8 Å². The van der Waals surface area contributed by atoms with Gasteiger partial charge in [-0.2, -0.15) is 8.42 Å². The van der Waals surface area contributed by atoms with Crippen LogP contribution in [-0.2, 0) is 10.1 Å². The van der Waals surface area contributed by atoms with E-state index in [2.05, 4.69) is 0 Å². The van der Waals surface area contributed by atoms with E-state index in [-0.39, 0.29) is 59.1 Å². The van der Waals surface area contributed by atoms with Crippen molar-refractivity contribution < 1.29 is 18.1 Å². The van der Waals surface area contributed by atoms with Crippen molar-refractivity contribution in [2.75, 3.05) is 0 Å². The number of aromatic hydroxyl groups is 1. The maximum atomic E-state index is 10.4. The quantitative estimate of drug-likeness (QED) is 0.488. The van der Waals surface area contributed by atoms with Crippen LogP contribution in [-0.4, -0.2) is 77.2 Å². The predicted octanol–water partition coefficient (Wildman–Crippen LogP) is -0.658. The number of benzene rings is 1. The zero-order valence-corrected chi connectivity index (χ0v) is 6.25. The van der Waals surface area contributed by atoms with Crippen LogP contribution in [0, 0.1) is 0 Å². The van der Waals surface area contributed by atoms with Crippen molar-refractivity contribution in [3.63, 3.8) is 0 Å². The van der Waals surface area contributed by atoms with Crippen LogP contribution in [0.4, 0.5) is 0 Å². The molecule has 0 bridgehead atoms. The average molecular weight is 222 g/mol. The van der Waals surface area contributed by atoms with Crippen LogP contribution in [0.15, 0.2) is 29.2 Å². The Balaban J connectivity index is 0. The molecule has 4 nitrogen and oxygen atoms in total. The first-order valence-electron chi connectivity index (χ1n) is 2.77. The fourth-order valence-corrected chi connectivity index (χ4v) is 1.26. The Kier molecular flexibility index (Phi) is 8.08. The number of hydrogen-bond acceptors (Lipinski definition) is 3. The van der Waals surface area contributed by atoms with Crippen molar-refractivity contribution in [3.05, 3.63) is 24.3 Å². The monoisotopic (exact) mass is 222 g/mol. The van der Waals surface area contributed by atoms with Crippen molar-refractivity contribution in [1.82, 2.24) is 0 Å². The molecule has 1 rings (SSSR count). The van der Waals surface area contributed by atoms with Crippen LogP contribution < -0.4 is 0 Å². The molecule has 0 amide bonds. The Morgan fingerprint density at radius 1 is 1.08 bits per heavy atom. The van der Waals surface area contributed by atoms with Crippen molar-refractivity contribution in [2.45, 2.75) is 4.90 Å². The summed E-state index contributed by atoms with van der Waals surface area (Å²) in [6.07, 6.45) is 0. The molecule has 0 aliphatic heterocycles. The van der Waals surface area contributed by atoms with Crippen molar-refractivity contribution in [2.24, 2.45) is 0 Å². The second kappa shape index (κ2) is 6.42. The Bertz CT molecular complexity index is 363. The molecule has 0 spiro atoms. The van der Waals surface area contributed by atoms with E-state index in [1.54, 1.807) is 0 Å². The summed E-state index contributed by atoms with van der Waals surface area (Å²) in [4.78, 5) is -0.472. The molecule has 0 unspecified atom stereocenters. The molecule has 0 aliphatic rings. The SMILES string of the molecule is O=S(=O)(O)c1ccccc1O.[NaH].[NaH]. The molecule has 1 aromatic rings. The van der Waals surface area contributed by atoms with E-state index in [1.807, 2.05) is 0 Å². The summed E-state index contributed by atoms with van der Waals surface area (Å²) in [5.74, 6) is -0.449. The van der Waals surface area contributed by atoms with Crippen LogP contribution >= 0.6 is 0 Å². The van der Waals surface area contributed by atoms with Gasteiger partial charge in [0, 0.05) is 0 Å². The Morgan fingerprint density at radius 3 is 1.85 bits per heavy atom. The Morgan fingerprint density at radius 2 is 1.54 bits per heavy atom. The minimum atomic E-state index is -4.28. The predicted molar refractivity (Wildman–Crippen MR) is 52.2 cm³/mol. The molecular formula is C6H8Na2O4S. The van der Waals surface area contributed by atoms with E-state index in [4.69, 9.17) is 9.66 Å². The van der Waals surface area contributed by atoms with Gasteiger partial charge in [-0.05, 0) is 12.1 Å². The standard InChI is InChI=1S/C6H6O4S.2Na.2H/c7-5-3-1-2-4-6(5)11(8,9)10;;;;/h1-4,7H,(H,8,9,10);;;;. The van der Waals surface area contributed by atoms with Gasteiger partial charge in [0.15, 0.2) is 0 Å². The molecule has 13 heavy (non-hydrogen) atoms. The fourth-order valence-electron chi connectivity index (χ4n) is 0.675. The molecule has 0 aliphatic carbocycles. The molecule has 64 valence electrons. The maximum absolute atomic E-state index is 10.4. The molecule has 0 saturated carbocycles. The summed E-state index contributed by atoms with van der Waals surface area (Å²) >= 11 is 0. The van der Waals surface area contributed by atoms with Gasteiger partial charge < -0.3 is 5.11 Å². The summed E-state index contributed by atoms with van der Waals surface area (Å²) < 4.78 is 29.4. The van der Waals surface area contributed by atoms with Crippen molar-refractivity contribution >= 4 is 69.2 Å². The first-order chi connectivity index (χ1) is 5.02. The molecule has 0 saturated heterocycles. The molecular weight excluding hydrogens is 214 g/mol. The molecule has 0 fully saturated rings. The molecule has 0 radical (unpaired) electrons. The number of rotatable bonds is 1. The average Bonchev–Trinajstić information content (AvgIpc) is 1.86. The fraction of sp³-hybridized carbons (Fsp3) is 0. The number of phenols is 1. The normalized spacial score (nSPS) is 9.62. The molecule has 0 atom stereocenters. The van der Waals surface area contributed by atoms with E-state index >= 15 is 0 Å². The van der Waals surface area contributed by atoms with E-state index in [9.17, 15) is 8.42 Å². The van der Waals surface area contributed by atoms with Crippen LogP contribution in [0.3, 0.4) is 0 Å². The van der Waals surface area contributed by atoms with Gasteiger partial charge in [-0.25, -0.2) is 0 Å². The molecule has 7 heteroatoms. The summed E-state index contributed by atoms with van der Waals surface area (Å²) in [6.45, 7) is 0. The van der Waals surface area contributed by atoms with E-state index in [0.29, 0.717) is 0 Å². The molecule has 0 heterocycles. The van der Waals surface area contributed by atoms with Crippen LogP contribution in [0.25, 0.3) is 0 Å².